The smallest absolute Gasteiger partial charge is 0.217 e. The largest absolute Gasteiger partial charge is 0.508 e. The van der Waals surface area contributed by atoms with Gasteiger partial charge in [0.1, 0.15) is 24.9 Å². The molecule has 3 rings (SSSR count). The van der Waals surface area contributed by atoms with Gasteiger partial charge in [0.25, 0.3) is 0 Å². The first kappa shape index (κ1) is 13.4. The zero-order chi connectivity index (χ0) is 14.2. The standard InChI is InChI=1S/C13H14ClN3O3/c1-9-5-19-13(20-9,6-17-8-15-7-16-17)11-3-2-10(18)4-12(11)14/h2-4,7-9,18H,5-6H2,1H3. The monoisotopic (exact) mass is 295 g/mol. The molecular formula is C13H14ClN3O3. The van der Waals surface area contributed by atoms with Gasteiger partial charge in [-0.3, -0.25) is 0 Å². The summed E-state index contributed by atoms with van der Waals surface area (Å²) < 4.78 is 13.4. The van der Waals surface area contributed by atoms with Crippen LogP contribution in [0, 0.1) is 0 Å². The minimum absolute atomic E-state index is 0.0524. The molecule has 0 aliphatic carbocycles. The van der Waals surface area contributed by atoms with E-state index in [4.69, 9.17) is 21.1 Å². The van der Waals surface area contributed by atoms with E-state index in [9.17, 15) is 5.11 Å². The summed E-state index contributed by atoms with van der Waals surface area (Å²) in [4.78, 5) is 3.91. The fraction of sp³-hybridized carbons (Fsp3) is 0.385. The maximum Gasteiger partial charge on any atom is 0.217 e. The van der Waals surface area contributed by atoms with Crippen LogP contribution in [0.5, 0.6) is 5.75 Å². The number of halogens is 1. The average Bonchev–Trinajstić information content (AvgIpc) is 3.00. The third kappa shape index (κ3) is 2.37. The van der Waals surface area contributed by atoms with E-state index in [0.29, 0.717) is 23.7 Å². The molecule has 2 atom stereocenters. The summed E-state index contributed by atoms with van der Waals surface area (Å²) in [5, 5.41) is 13.9. The Kier molecular flexibility index (Phi) is 3.37. The van der Waals surface area contributed by atoms with Crippen molar-refractivity contribution < 1.29 is 14.6 Å². The molecule has 106 valence electrons. The van der Waals surface area contributed by atoms with Gasteiger partial charge in [-0.05, 0) is 25.1 Å². The molecule has 7 heteroatoms. The second kappa shape index (κ2) is 5.05. The first-order chi connectivity index (χ1) is 9.59. The van der Waals surface area contributed by atoms with Crippen molar-refractivity contribution in [2.24, 2.45) is 0 Å². The third-order valence-corrected chi connectivity index (χ3v) is 3.46. The molecule has 1 aliphatic rings. The van der Waals surface area contributed by atoms with Gasteiger partial charge in [0, 0.05) is 5.56 Å². The highest BCUT2D eigenvalue weighted by atomic mass is 35.5. The minimum Gasteiger partial charge on any atom is -0.508 e. The molecule has 0 saturated carbocycles. The number of phenols is 1. The number of phenolic OH excluding ortho intramolecular Hbond substituents is 1. The molecule has 1 fully saturated rings. The molecule has 1 N–H and O–H groups in total. The third-order valence-electron chi connectivity index (χ3n) is 3.14. The fourth-order valence-electron chi connectivity index (χ4n) is 2.29. The van der Waals surface area contributed by atoms with E-state index in [0.717, 1.165) is 0 Å². The molecule has 2 aromatic rings. The van der Waals surface area contributed by atoms with Crippen LogP contribution in [0.1, 0.15) is 12.5 Å². The van der Waals surface area contributed by atoms with Crippen LogP contribution >= 0.6 is 11.6 Å². The van der Waals surface area contributed by atoms with Crippen molar-refractivity contribution >= 4 is 11.6 Å². The molecule has 2 unspecified atom stereocenters. The Labute approximate surface area is 120 Å². The number of aromatic hydroxyl groups is 1. The van der Waals surface area contributed by atoms with Crippen LogP contribution in [0.2, 0.25) is 5.02 Å². The summed E-state index contributed by atoms with van der Waals surface area (Å²) in [6, 6.07) is 4.72. The normalized spacial score (nSPS) is 26.0. The molecule has 2 heterocycles. The van der Waals surface area contributed by atoms with E-state index in [-0.39, 0.29) is 11.9 Å². The zero-order valence-electron chi connectivity index (χ0n) is 10.9. The maximum atomic E-state index is 9.48. The average molecular weight is 296 g/mol. The fourth-order valence-corrected chi connectivity index (χ4v) is 2.61. The Morgan fingerprint density at radius 2 is 2.40 bits per heavy atom. The molecule has 1 aliphatic heterocycles. The molecule has 0 spiro atoms. The van der Waals surface area contributed by atoms with Gasteiger partial charge in [0.2, 0.25) is 5.79 Å². The van der Waals surface area contributed by atoms with E-state index in [2.05, 4.69) is 10.1 Å². The molecule has 6 nitrogen and oxygen atoms in total. The highest BCUT2D eigenvalue weighted by Gasteiger charge is 2.44. The van der Waals surface area contributed by atoms with Crippen molar-refractivity contribution in [3.63, 3.8) is 0 Å². The Bertz CT molecular complexity index is 605. The molecule has 1 aromatic carbocycles. The van der Waals surface area contributed by atoms with Gasteiger partial charge in [0.15, 0.2) is 0 Å². The summed E-state index contributed by atoms with van der Waals surface area (Å²) in [6.07, 6.45) is 2.99. The quantitative estimate of drug-likeness (QED) is 0.937. The number of hydrogen-bond donors (Lipinski definition) is 1. The number of nitrogens with zero attached hydrogens (tertiary/aromatic N) is 3. The van der Waals surface area contributed by atoms with Crippen molar-refractivity contribution in [2.45, 2.75) is 25.4 Å². The lowest BCUT2D eigenvalue weighted by atomic mass is 10.1. The summed E-state index contributed by atoms with van der Waals surface area (Å²) in [7, 11) is 0. The molecule has 20 heavy (non-hydrogen) atoms. The van der Waals surface area contributed by atoms with Crippen LogP contribution < -0.4 is 0 Å². The lowest BCUT2D eigenvalue weighted by Gasteiger charge is -2.29. The van der Waals surface area contributed by atoms with E-state index in [1.165, 1.54) is 12.4 Å². The number of aromatic nitrogens is 3. The molecule has 1 aromatic heterocycles. The van der Waals surface area contributed by atoms with Crippen molar-refractivity contribution in [3.8, 4) is 5.75 Å². The van der Waals surface area contributed by atoms with Gasteiger partial charge in [-0.15, -0.1) is 0 Å². The molecule has 0 bridgehead atoms. The lowest BCUT2D eigenvalue weighted by molar-refractivity contribution is -0.186. The van der Waals surface area contributed by atoms with Crippen LogP contribution in [0.3, 0.4) is 0 Å². The Balaban J connectivity index is 2.01. The van der Waals surface area contributed by atoms with Crippen LogP contribution in [0.25, 0.3) is 0 Å². The molecule has 1 saturated heterocycles. The second-order valence-corrected chi connectivity index (χ2v) is 5.16. The zero-order valence-corrected chi connectivity index (χ0v) is 11.6. The molecule has 0 amide bonds. The van der Waals surface area contributed by atoms with Gasteiger partial charge >= 0.3 is 0 Å². The van der Waals surface area contributed by atoms with Gasteiger partial charge in [-0.25, -0.2) is 9.67 Å². The minimum atomic E-state index is -1.02. The Hall–Kier alpha value is -1.63. The number of rotatable bonds is 3. The van der Waals surface area contributed by atoms with Crippen molar-refractivity contribution in [2.75, 3.05) is 6.61 Å². The SMILES string of the molecule is CC1COC(Cn2cncn2)(c2ccc(O)cc2Cl)O1. The molecule has 0 radical (unpaired) electrons. The first-order valence-electron chi connectivity index (χ1n) is 6.22. The van der Waals surface area contributed by atoms with Crippen molar-refractivity contribution in [1.29, 1.82) is 0 Å². The van der Waals surface area contributed by atoms with E-state index >= 15 is 0 Å². The van der Waals surface area contributed by atoms with Gasteiger partial charge < -0.3 is 14.6 Å². The highest BCUT2D eigenvalue weighted by molar-refractivity contribution is 6.31. The maximum absolute atomic E-state index is 9.48. The van der Waals surface area contributed by atoms with Crippen LogP contribution in [-0.4, -0.2) is 32.6 Å². The summed E-state index contributed by atoms with van der Waals surface area (Å²) in [5.41, 5.74) is 0.664. The van der Waals surface area contributed by atoms with Gasteiger partial charge in [0.05, 0.1) is 17.7 Å². The topological polar surface area (TPSA) is 69.4 Å². The molecular weight excluding hydrogens is 282 g/mol. The number of hydrogen-bond acceptors (Lipinski definition) is 5. The Morgan fingerprint density at radius 3 is 3.00 bits per heavy atom. The van der Waals surface area contributed by atoms with Crippen LogP contribution in [0.15, 0.2) is 30.9 Å². The van der Waals surface area contributed by atoms with Crippen molar-refractivity contribution in [1.82, 2.24) is 14.8 Å². The second-order valence-electron chi connectivity index (χ2n) is 4.75. The van der Waals surface area contributed by atoms with Gasteiger partial charge in [-0.2, -0.15) is 5.10 Å². The number of ether oxygens (including phenoxy) is 2. The van der Waals surface area contributed by atoms with E-state index < -0.39 is 5.79 Å². The first-order valence-corrected chi connectivity index (χ1v) is 6.60. The lowest BCUT2D eigenvalue weighted by Crippen LogP contribution is -2.34. The van der Waals surface area contributed by atoms with E-state index in [1.807, 2.05) is 6.92 Å². The highest BCUT2D eigenvalue weighted by Crippen LogP contribution is 2.40. The summed E-state index contributed by atoms with van der Waals surface area (Å²) in [5.74, 6) is -0.918. The van der Waals surface area contributed by atoms with E-state index in [1.54, 1.807) is 23.1 Å². The Morgan fingerprint density at radius 1 is 1.55 bits per heavy atom. The predicted molar refractivity (Wildman–Crippen MR) is 71.3 cm³/mol. The van der Waals surface area contributed by atoms with Crippen LogP contribution in [-0.2, 0) is 21.8 Å². The summed E-state index contributed by atoms with van der Waals surface area (Å²) in [6.45, 7) is 2.73. The van der Waals surface area contributed by atoms with Gasteiger partial charge in [-0.1, -0.05) is 11.6 Å². The number of benzene rings is 1. The van der Waals surface area contributed by atoms with Crippen molar-refractivity contribution in [3.05, 3.63) is 41.4 Å². The predicted octanol–water partition coefficient (Wildman–Crippen LogP) is 1.93. The van der Waals surface area contributed by atoms with Crippen LogP contribution in [0.4, 0.5) is 0 Å². The summed E-state index contributed by atoms with van der Waals surface area (Å²) >= 11 is 6.22.